The van der Waals surface area contributed by atoms with E-state index in [1.807, 2.05) is 48.5 Å². The zero-order valence-corrected chi connectivity index (χ0v) is 16.5. The maximum Gasteiger partial charge on any atom is 0.271 e. The molecule has 3 aromatic rings. The molecule has 0 aliphatic heterocycles. The summed E-state index contributed by atoms with van der Waals surface area (Å²) in [5, 5.41) is 6.04. The van der Waals surface area contributed by atoms with Crippen molar-refractivity contribution in [1.82, 2.24) is 15.3 Å². The Labute approximate surface area is 170 Å². The summed E-state index contributed by atoms with van der Waals surface area (Å²) >= 11 is 0. The molecule has 7 nitrogen and oxygen atoms in total. The van der Waals surface area contributed by atoms with Gasteiger partial charge in [0.1, 0.15) is 23.0 Å². The van der Waals surface area contributed by atoms with E-state index in [4.69, 9.17) is 9.47 Å². The Kier molecular flexibility index (Phi) is 7.00. The van der Waals surface area contributed by atoms with Crippen molar-refractivity contribution in [2.75, 3.05) is 26.1 Å². The molecule has 1 aromatic heterocycles. The van der Waals surface area contributed by atoms with Crippen LogP contribution in [0, 0.1) is 0 Å². The monoisotopic (exact) mass is 392 g/mol. The van der Waals surface area contributed by atoms with Crippen LogP contribution in [0.1, 0.15) is 21.6 Å². The van der Waals surface area contributed by atoms with Crippen molar-refractivity contribution in [2.45, 2.75) is 13.0 Å². The van der Waals surface area contributed by atoms with Crippen LogP contribution in [-0.2, 0) is 13.0 Å². The highest BCUT2D eigenvalue weighted by molar-refractivity contribution is 5.92. The number of hydrogen-bond acceptors (Lipinski definition) is 6. The molecule has 0 aliphatic carbocycles. The Hall–Kier alpha value is -3.61. The van der Waals surface area contributed by atoms with E-state index >= 15 is 0 Å². The normalized spacial score (nSPS) is 10.3. The lowest BCUT2D eigenvalue weighted by Gasteiger charge is -2.10. The summed E-state index contributed by atoms with van der Waals surface area (Å²) < 4.78 is 10.5. The predicted molar refractivity (Wildman–Crippen MR) is 111 cm³/mol. The van der Waals surface area contributed by atoms with Crippen LogP contribution in [0.4, 0.5) is 5.82 Å². The molecule has 0 bridgehead atoms. The largest absolute Gasteiger partial charge is 0.497 e. The molecule has 1 amide bonds. The van der Waals surface area contributed by atoms with E-state index < -0.39 is 0 Å². The molecule has 2 aromatic carbocycles. The molecule has 0 aliphatic rings. The number of carbonyl (C=O) groups excluding carboxylic acids is 1. The van der Waals surface area contributed by atoms with Crippen molar-refractivity contribution in [2.24, 2.45) is 0 Å². The van der Waals surface area contributed by atoms with Crippen LogP contribution in [-0.4, -0.2) is 36.6 Å². The molecular weight excluding hydrogens is 368 g/mol. The third-order valence-electron chi connectivity index (χ3n) is 4.37. The summed E-state index contributed by atoms with van der Waals surface area (Å²) in [6.07, 6.45) is 3.84. The lowest BCUT2D eigenvalue weighted by atomic mass is 10.1. The summed E-state index contributed by atoms with van der Waals surface area (Å²) in [4.78, 5) is 20.8. The number of carbonyl (C=O) groups is 1. The number of aromatic nitrogens is 2. The molecule has 0 saturated heterocycles. The van der Waals surface area contributed by atoms with Gasteiger partial charge in [0.15, 0.2) is 0 Å². The topological polar surface area (TPSA) is 85.4 Å². The Balaban J connectivity index is 1.49. The van der Waals surface area contributed by atoms with Gasteiger partial charge in [0.05, 0.1) is 26.6 Å². The highest BCUT2D eigenvalue weighted by atomic mass is 16.5. The van der Waals surface area contributed by atoms with Gasteiger partial charge in [0, 0.05) is 18.7 Å². The molecule has 0 radical (unpaired) electrons. The fraction of sp³-hybridized carbons (Fsp3) is 0.227. The van der Waals surface area contributed by atoms with Crippen LogP contribution in [0.3, 0.4) is 0 Å². The molecule has 0 saturated carbocycles. The quantitative estimate of drug-likeness (QED) is 0.582. The molecule has 0 spiro atoms. The van der Waals surface area contributed by atoms with E-state index in [0.29, 0.717) is 18.9 Å². The van der Waals surface area contributed by atoms with Crippen molar-refractivity contribution in [3.63, 3.8) is 0 Å². The van der Waals surface area contributed by atoms with Gasteiger partial charge in [-0.05, 0) is 30.2 Å². The molecule has 0 fully saturated rings. The van der Waals surface area contributed by atoms with Crippen LogP contribution >= 0.6 is 0 Å². The third kappa shape index (κ3) is 5.68. The first-order valence-corrected chi connectivity index (χ1v) is 9.28. The molecule has 0 atom stereocenters. The predicted octanol–water partition coefficient (Wildman–Crippen LogP) is 3.08. The fourth-order valence-corrected chi connectivity index (χ4v) is 2.81. The van der Waals surface area contributed by atoms with Gasteiger partial charge in [-0.3, -0.25) is 4.79 Å². The summed E-state index contributed by atoms with van der Waals surface area (Å²) in [5.74, 6) is 1.90. The van der Waals surface area contributed by atoms with Crippen LogP contribution in [0.5, 0.6) is 11.5 Å². The number of benzene rings is 2. The number of nitrogens with one attached hydrogen (secondary N) is 2. The molecule has 0 unspecified atom stereocenters. The second kappa shape index (κ2) is 10.1. The smallest absolute Gasteiger partial charge is 0.271 e. The Morgan fingerprint density at radius 3 is 2.62 bits per heavy atom. The van der Waals surface area contributed by atoms with Crippen molar-refractivity contribution in [1.29, 1.82) is 0 Å². The van der Waals surface area contributed by atoms with Gasteiger partial charge in [0.25, 0.3) is 5.91 Å². The van der Waals surface area contributed by atoms with Crippen LogP contribution < -0.4 is 20.1 Å². The highest BCUT2D eigenvalue weighted by Gasteiger charge is 2.09. The fourth-order valence-electron chi connectivity index (χ4n) is 2.81. The first-order chi connectivity index (χ1) is 14.2. The zero-order chi connectivity index (χ0) is 20.5. The van der Waals surface area contributed by atoms with Gasteiger partial charge in [-0.25, -0.2) is 9.97 Å². The van der Waals surface area contributed by atoms with E-state index in [1.54, 1.807) is 20.4 Å². The van der Waals surface area contributed by atoms with Crippen molar-refractivity contribution < 1.29 is 14.3 Å². The number of nitrogens with zero attached hydrogens (tertiary/aromatic N) is 2. The van der Waals surface area contributed by atoms with Gasteiger partial charge in [-0.2, -0.15) is 0 Å². The maximum absolute atomic E-state index is 12.3. The van der Waals surface area contributed by atoms with Crippen molar-refractivity contribution >= 4 is 11.7 Å². The van der Waals surface area contributed by atoms with Gasteiger partial charge in [-0.15, -0.1) is 0 Å². The molecule has 150 valence electrons. The summed E-state index contributed by atoms with van der Waals surface area (Å²) in [6, 6.07) is 15.5. The molecule has 2 N–H and O–H groups in total. The van der Waals surface area contributed by atoms with Gasteiger partial charge in [-0.1, -0.05) is 30.3 Å². The molecular formula is C22H24N4O3. The van der Waals surface area contributed by atoms with E-state index in [2.05, 4.69) is 20.6 Å². The minimum Gasteiger partial charge on any atom is -0.497 e. The Morgan fingerprint density at radius 2 is 1.86 bits per heavy atom. The van der Waals surface area contributed by atoms with E-state index in [9.17, 15) is 4.79 Å². The number of amides is 1. The van der Waals surface area contributed by atoms with Crippen molar-refractivity contribution in [3.05, 3.63) is 77.7 Å². The number of ether oxygens (including phenoxy) is 2. The minimum atomic E-state index is -0.286. The maximum atomic E-state index is 12.3. The third-order valence-corrected chi connectivity index (χ3v) is 4.37. The molecule has 29 heavy (non-hydrogen) atoms. The lowest BCUT2D eigenvalue weighted by molar-refractivity contribution is 0.0945. The number of anilines is 1. The van der Waals surface area contributed by atoms with E-state index in [-0.39, 0.29) is 11.6 Å². The van der Waals surface area contributed by atoms with Crippen molar-refractivity contribution in [3.8, 4) is 11.5 Å². The molecule has 1 heterocycles. The van der Waals surface area contributed by atoms with Crippen LogP contribution in [0.25, 0.3) is 0 Å². The average molecular weight is 392 g/mol. The molecule has 3 rings (SSSR count). The average Bonchev–Trinajstić information content (AvgIpc) is 2.78. The van der Waals surface area contributed by atoms with Gasteiger partial charge >= 0.3 is 0 Å². The number of para-hydroxylation sites is 1. The number of rotatable bonds is 9. The SMILES string of the molecule is COc1cccc(CCNc2cnc(C(=O)NCc3ccccc3OC)cn2)c1. The summed E-state index contributed by atoms with van der Waals surface area (Å²) in [7, 11) is 3.26. The summed E-state index contributed by atoms with van der Waals surface area (Å²) in [6.45, 7) is 1.05. The minimum absolute atomic E-state index is 0.262. The van der Waals surface area contributed by atoms with E-state index in [0.717, 1.165) is 29.0 Å². The van der Waals surface area contributed by atoms with Crippen LogP contribution in [0.2, 0.25) is 0 Å². The van der Waals surface area contributed by atoms with E-state index in [1.165, 1.54) is 6.20 Å². The number of hydrogen-bond donors (Lipinski definition) is 2. The highest BCUT2D eigenvalue weighted by Crippen LogP contribution is 2.17. The Morgan fingerprint density at radius 1 is 1.00 bits per heavy atom. The first-order valence-electron chi connectivity index (χ1n) is 9.28. The Bertz CT molecular complexity index is 945. The second-order valence-electron chi connectivity index (χ2n) is 6.31. The van der Waals surface area contributed by atoms with Gasteiger partial charge < -0.3 is 20.1 Å². The summed E-state index contributed by atoms with van der Waals surface area (Å²) in [5.41, 5.74) is 2.32. The second-order valence-corrected chi connectivity index (χ2v) is 6.31. The standard InChI is InChI=1S/C22H24N4O3/c1-28-18-8-5-6-16(12-18)10-11-23-21-15-24-19(14-25-21)22(27)26-13-17-7-3-4-9-20(17)29-2/h3-9,12,14-15H,10-11,13H2,1-2H3,(H,23,25)(H,26,27). The van der Waals surface area contributed by atoms with Crippen LogP contribution in [0.15, 0.2) is 60.9 Å². The number of methoxy groups -OCH3 is 2. The molecule has 7 heteroatoms. The zero-order valence-electron chi connectivity index (χ0n) is 16.5. The first kappa shape index (κ1) is 20.1. The lowest BCUT2D eigenvalue weighted by Crippen LogP contribution is -2.24. The van der Waals surface area contributed by atoms with Gasteiger partial charge in [0.2, 0.25) is 0 Å².